The van der Waals surface area contributed by atoms with Crippen molar-refractivity contribution >= 4 is 39.1 Å². The van der Waals surface area contributed by atoms with Crippen molar-refractivity contribution in [2.24, 2.45) is 5.92 Å². The fraction of sp³-hybridized carbons (Fsp3) is 0.455. The van der Waals surface area contributed by atoms with Crippen LogP contribution in [0.15, 0.2) is 35.4 Å². The van der Waals surface area contributed by atoms with Gasteiger partial charge >= 0.3 is 0 Å². The van der Waals surface area contributed by atoms with E-state index in [-0.39, 0.29) is 28.9 Å². The number of anilines is 1. The molecule has 2 aromatic rings. The highest BCUT2D eigenvalue weighted by molar-refractivity contribution is 7.89. The third-order valence-corrected chi connectivity index (χ3v) is 8.23. The topological polar surface area (TPSA) is 112 Å². The van der Waals surface area contributed by atoms with Crippen LogP contribution < -0.4 is 10.1 Å². The van der Waals surface area contributed by atoms with Gasteiger partial charge in [-0.1, -0.05) is 11.6 Å². The second-order valence-electron chi connectivity index (χ2n) is 8.29. The molecule has 3 heterocycles. The van der Waals surface area contributed by atoms with Gasteiger partial charge in [0.05, 0.1) is 18.1 Å². The summed E-state index contributed by atoms with van der Waals surface area (Å²) < 4.78 is 32.8. The summed E-state index contributed by atoms with van der Waals surface area (Å²) in [5.41, 5.74) is 0.777. The van der Waals surface area contributed by atoms with Gasteiger partial charge in [-0.2, -0.15) is 4.31 Å². The number of hydrogen-bond donors (Lipinski definition) is 2. The molecule has 0 radical (unpaired) electrons. The Morgan fingerprint density at radius 3 is 2.61 bits per heavy atom. The molecule has 178 valence electrons. The van der Waals surface area contributed by atoms with Gasteiger partial charge in [0.15, 0.2) is 0 Å². The van der Waals surface area contributed by atoms with E-state index >= 15 is 0 Å². The number of aromatic amines is 1. The standard InChI is InChI=1S/C22H27ClN4O5S/c1-32-20-7-6-16(11-18(20)23)25-21(28)15-5-4-10-27(14-15)33(30,31)17-12-19(24-13-17)22(29)26-8-2-3-9-26/h6-7,11-13,15,24H,2-5,8-10,14H2,1H3,(H,25,28)/t15-/m0/s1. The quantitative estimate of drug-likeness (QED) is 0.641. The van der Waals surface area contributed by atoms with Crippen LogP contribution in [0.4, 0.5) is 5.69 Å². The Hall–Kier alpha value is -2.56. The Labute approximate surface area is 198 Å². The van der Waals surface area contributed by atoms with E-state index < -0.39 is 15.9 Å². The second-order valence-corrected chi connectivity index (χ2v) is 10.6. The zero-order valence-electron chi connectivity index (χ0n) is 18.3. The van der Waals surface area contributed by atoms with E-state index in [1.54, 1.807) is 23.1 Å². The van der Waals surface area contributed by atoms with Gasteiger partial charge in [0.1, 0.15) is 16.3 Å². The molecule has 2 saturated heterocycles. The molecule has 2 aliphatic heterocycles. The number of likely N-dealkylation sites (tertiary alicyclic amines) is 1. The predicted molar refractivity (Wildman–Crippen MR) is 124 cm³/mol. The van der Waals surface area contributed by atoms with Gasteiger partial charge in [-0.15, -0.1) is 0 Å². The van der Waals surface area contributed by atoms with Gasteiger partial charge in [-0.05, 0) is 49.9 Å². The summed E-state index contributed by atoms with van der Waals surface area (Å²) in [5, 5.41) is 3.18. The molecule has 4 rings (SSSR count). The van der Waals surface area contributed by atoms with Gasteiger partial charge < -0.3 is 19.9 Å². The molecular formula is C22H27ClN4O5S. The van der Waals surface area contributed by atoms with E-state index in [0.717, 1.165) is 12.8 Å². The average molecular weight is 495 g/mol. The third-order valence-electron chi connectivity index (χ3n) is 6.09. The molecule has 1 aromatic heterocycles. The largest absolute Gasteiger partial charge is 0.495 e. The first-order chi connectivity index (χ1) is 15.8. The second kappa shape index (κ2) is 9.74. The lowest BCUT2D eigenvalue weighted by Crippen LogP contribution is -2.43. The molecule has 2 aliphatic rings. The number of carbonyl (C=O) groups excluding carboxylic acids is 2. The maximum absolute atomic E-state index is 13.2. The van der Waals surface area contributed by atoms with E-state index in [1.807, 2.05) is 0 Å². The van der Waals surface area contributed by atoms with E-state index in [2.05, 4.69) is 10.3 Å². The van der Waals surface area contributed by atoms with Crippen molar-refractivity contribution < 1.29 is 22.7 Å². The van der Waals surface area contributed by atoms with Crippen LogP contribution in [0.1, 0.15) is 36.2 Å². The van der Waals surface area contributed by atoms with Gasteiger partial charge in [-0.3, -0.25) is 9.59 Å². The van der Waals surface area contributed by atoms with E-state index in [0.29, 0.717) is 48.9 Å². The first kappa shape index (κ1) is 23.6. The summed E-state index contributed by atoms with van der Waals surface area (Å²) >= 11 is 6.12. The number of ether oxygens (including phenoxy) is 1. The highest BCUT2D eigenvalue weighted by Crippen LogP contribution is 2.29. The molecule has 0 aliphatic carbocycles. The fourth-order valence-electron chi connectivity index (χ4n) is 4.25. The van der Waals surface area contributed by atoms with Crippen molar-refractivity contribution in [3.63, 3.8) is 0 Å². The Morgan fingerprint density at radius 1 is 1.15 bits per heavy atom. The van der Waals surface area contributed by atoms with Crippen LogP contribution in [0.3, 0.4) is 0 Å². The number of sulfonamides is 1. The van der Waals surface area contributed by atoms with Crippen LogP contribution in [0.5, 0.6) is 5.75 Å². The van der Waals surface area contributed by atoms with Crippen molar-refractivity contribution in [3.8, 4) is 5.75 Å². The summed E-state index contributed by atoms with van der Waals surface area (Å²) in [6.45, 7) is 1.75. The number of carbonyl (C=O) groups is 2. The summed E-state index contributed by atoms with van der Waals surface area (Å²) in [6, 6.07) is 6.31. The van der Waals surface area contributed by atoms with E-state index in [1.165, 1.54) is 23.7 Å². The van der Waals surface area contributed by atoms with Gasteiger partial charge in [-0.25, -0.2) is 8.42 Å². The molecule has 33 heavy (non-hydrogen) atoms. The van der Waals surface area contributed by atoms with E-state index in [4.69, 9.17) is 16.3 Å². The highest BCUT2D eigenvalue weighted by atomic mass is 35.5. The first-order valence-corrected chi connectivity index (χ1v) is 12.7. The van der Waals surface area contributed by atoms with Crippen molar-refractivity contribution in [1.29, 1.82) is 0 Å². The normalized spacial score (nSPS) is 19.5. The first-order valence-electron chi connectivity index (χ1n) is 10.9. The molecular weight excluding hydrogens is 468 g/mol. The average Bonchev–Trinajstić information content (AvgIpc) is 3.52. The Kier molecular flexibility index (Phi) is 6.96. The number of aromatic nitrogens is 1. The van der Waals surface area contributed by atoms with Crippen molar-refractivity contribution in [3.05, 3.63) is 41.2 Å². The number of halogens is 1. The monoisotopic (exact) mass is 494 g/mol. The van der Waals surface area contributed by atoms with Gasteiger partial charge in [0.2, 0.25) is 15.9 Å². The predicted octanol–water partition coefficient (Wildman–Crippen LogP) is 2.95. The Morgan fingerprint density at radius 2 is 1.91 bits per heavy atom. The molecule has 0 saturated carbocycles. The van der Waals surface area contributed by atoms with Crippen LogP contribution in [-0.2, 0) is 14.8 Å². The number of amides is 2. The zero-order valence-corrected chi connectivity index (χ0v) is 19.9. The molecule has 0 spiro atoms. The molecule has 2 fully saturated rings. The zero-order chi connectivity index (χ0) is 23.6. The maximum atomic E-state index is 13.2. The minimum Gasteiger partial charge on any atom is -0.495 e. The summed E-state index contributed by atoms with van der Waals surface area (Å²) in [6.07, 6.45) is 4.40. The van der Waals surface area contributed by atoms with E-state index in [9.17, 15) is 18.0 Å². The minimum atomic E-state index is -3.84. The molecule has 0 unspecified atom stereocenters. The number of rotatable bonds is 6. The number of nitrogens with zero attached hydrogens (tertiary/aromatic N) is 2. The van der Waals surface area contributed by atoms with Crippen LogP contribution in [0, 0.1) is 5.92 Å². The smallest absolute Gasteiger partial charge is 0.270 e. The molecule has 9 nitrogen and oxygen atoms in total. The number of benzene rings is 1. The number of hydrogen-bond acceptors (Lipinski definition) is 5. The number of methoxy groups -OCH3 is 1. The number of H-pyrrole nitrogens is 1. The van der Waals surface area contributed by atoms with Crippen molar-refractivity contribution in [1.82, 2.24) is 14.2 Å². The van der Waals surface area contributed by atoms with Crippen LogP contribution in [-0.4, -0.2) is 67.7 Å². The Balaban J connectivity index is 1.43. The van der Waals surface area contributed by atoms with Crippen LogP contribution >= 0.6 is 11.6 Å². The van der Waals surface area contributed by atoms with Crippen molar-refractivity contribution in [2.75, 3.05) is 38.6 Å². The lowest BCUT2D eigenvalue weighted by atomic mass is 9.98. The SMILES string of the molecule is COc1ccc(NC(=O)[C@H]2CCCN(S(=O)(=O)c3c[nH]c(C(=O)N4CCCC4)c3)C2)cc1Cl. The van der Waals surface area contributed by atoms with Crippen LogP contribution in [0.25, 0.3) is 0 Å². The third kappa shape index (κ3) is 5.02. The van der Waals surface area contributed by atoms with Crippen LogP contribution in [0.2, 0.25) is 5.02 Å². The summed E-state index contributed by atoms with van der Waals surface area (Å²) in [7, 11) is -2.33. The van der Waals surface area contributed by atoms with Gasteiger partial charge in [0, 0.05) is 38.1 Å². The number of piperidine rings is 1. The molecule has 0 bridgehead atoms. The lowest BCUT2D eigenvalue weighted by molar-refractivity contribution is -0.120. The lowest BCUT2D eigenvalue weighted by Gasteiger charge is -2.31. The number of nitrogens with one attached hydrogen (secondary N) is 2. The van der Waals surface area contributed by atoms with Crippen molar-refractivity contribution in [2.45, 2.75) is 30.6 Å². The maximum Gasteiger partial charge on any atom is 0.270 e. The highest BCUT2D eigenvalue weighted by Gasteiger charge is 2.34. The molecule has 1 aromatic carbocycles. The minimum absolute atomic E-state index is 0.0352. The molecule has 2 N–H and O–H groups in total. The molecule has 11 heteroatoms. The van der Waals surface area contributed by atoms with Gasteiger partial charge in [0.25, 0.3) is 5.91 Å². The molecule has 1 atom stereocenters. The molecule has 2 amide bonds. The summed E-state index contributed by atoms with van der Waals surface area (Å²) in [4.78, 5) is 29.9. The fourth-order valence-corrected chi connectivity index (χ4v) is 6.03. The Bertz CT molecular complexity index is 1140. The summed E-state index contributed by atoms with van der Waals surface area (Å²) in [5.74, 6) is -0.462.